The molecule has 0 atom stereocenters. The summed E-state index contributed by atoms with van der Waals surface area (Å²) in [6, 6.07) is 0. The molecule has 80 valence electrons. The molecule has 0 saturated carbocycles. The molecule has 14 heavy (non-hydrogen) atoms. The summed E-state index contributed by atoms with van der Waals surface area (Å²) in [5.74, 6) is 0.990. The third-order valence-corrected chi connectivity index (χ3v) is 3.03. The fourth-order valence-corrected chi connectivity index (χ4v) is 1.94. The molecule has 0 unspecified atom stereocenters. The normalized spacial score (nSPS) is 25.9. The topological polar surface area (TPSA) is 73.9 Å². The molecule has 0 aromatic rings. The van der Waals surface area contributed by atoms with Crippen molar-refractivity contribution in [2.45, 2.75) is 18.4 Å². The van der Waals surface area contributed by atoms with Crippen LogP contribution in [0.2, 0.25) is 0 Å². The minimum absolute atomic E-state index is 0.362. The van der Waals surface area contributed by atoms with Crippen LogP contribution in [0.3, 0.4) is 0 Å². The molecule has 0 radical (unpaired) electrons. The van der Waals surface area contributed by atoms with Gasteiger partial charge in [-0.15, -0.1) is 0 Å². The van der Waals surface area contributed by atoms with Gasteiger partial charge in [-0.3, -0.25) is 4.99 Å². The lowest BCUT2D eigenvalue weighted by atomic mass is 9.92. The van der Waals surface area contributed by atoms with Crippen LogP contribution in [0.25, 0.3) is 0 Å². The Hall–Kier alpha value is -0.810. The Morgan fingerprint density at radius 2 is 2.21 bits per heavy atom. The van der Waals surface area contributed by atoms with E-state index in [2.05, 4.69) is 15.2 Å². The Morgan fingerprint density at radius 3 is 2.71 bits per heavy atom. The van der Waals surface area contributed by atoms with Gasteiger partial charge in [0.05, 0.1) is 12.1 Å². The van der Waals surface area contributed by atoms with E-state index >= 15 is 0 Å². The highest BCUT2D eigenvalue weighted by molar-refractivity contribution is 5.81. The predicted molar refractivity (Wildman–Crippen MR) is 55.1 cm³/mol. The van der Waals surface area contributed by atoms with Gasteiger partial charge >= 0.3 is 0 Å². The summed E-state index contributed by atoms with van der Waals surface area (Å²) in [5.41, 5.74) is 4.88. The summed E-state index contributed by atoms with van der Waals surface area (Å²) < 4.78 is 0. The van der Waals surface area contributed by atoms with Gasteiger partial charge in [0.15, 0.2) is 5.96 Å². The van der Waals surface area contributed by atoms with Gasteiger partial charge in [0.2, 0.25) is 0 Å². The number of piperidine rings is 1. The lowest BCUT2D eigenvalue weighted by Gasteiger charge is -2.38. The zero-order valence-electron chi connectivity index (χ0n) is 8.37. The number of hydrogen-bond acceptors (Lipinski definition) is 5. The van der Waals surface area contributed by atoms with Gasteiger partial charge in [0.25, 0.3) is 0 Å². The monoisotopic (exact) mass is 198 g/mol. The van der Waals surface area contributed by atoms with Gasteiger partial charge in [0, 0.05) is 26.2 Å². The molecule has 0 aromatic heterocycles. The molecule has 0 spiro atoms. The van der Waals surface area contributed by atoms with Crippen LogP contribution in [0.4, 0.5) is 0 Å². The molecule has 2 rings (SSSR count). The molecule has 0 aromatic carbocycles. The number of nitrogens with zero attached hydrogens (tertiary/aromatic N) is 2. The van der Waals surface area contributed by atoms with Crippen LogP contribution < -0.4 is 11.1 Å². The Balaban J connectivity index is 1.89. The molecule has 0 amide bonds. The largest absolute Gasteiger partial charge is 0.388 e. The maximum absolute atomic E-state index is 9.93. The Labute approximate surface area is 84.0 Å². The van der Waals surface area contributed by atoms with Crippen molar-refractivity contribution in [3.63, 3.8) is 0 Å². The quantitative estimate of drug-likeness (QED) is 0.491. The molecule has 2 heterocycles. The van der Waals surface area contributed by atoms with Crippen molar-refractivity contribution in [3.8, 4) is 0 Å². The van der Waals surface area contributed by atoms with Crippen molar-refractivity contribution >= 4 is 5.96 Å². The molecule has 5 nitrogen and oxygen atoms in total. The number of hydrogen-bond donors (Lipinski definition) is 3. The van der Waals surface area contributed by atoms with Gasteiger partial charge in [-0.1, -0.05) is 0 Å². The van der Waals surface area contributed by atoms with Crippen LogP contribution in [0.15, 0.2) is 4.99 Å². The van der Waals surface area contributed by atoms with E-state index in [4.69, 9.17) is 5.73 Å². The van der Waals surface area contributed by atoms with Gasteiger partial charge in [-0.2, -0.15) is 0 Å². The van der Waals surface area contributed by atoms with Crippen LogP contribution >= 0.6 is 0 Å². The second kappa shape index (κ2) is 3.74. The van der Waals surface area contributed by atoms with Crippen molar-refractivity contribution in [2.24, 2.45) is 10.7 Å². The van der Waals surface area contributed by atoms with Crippen LogP contribution in [0, 0.1) is 0 Å². The van der Waals surface area contributed by atoms with E-state index in [0.717, 1.165) is 45.0 Å². The lowest BCUT2D eigenvalue weighted by Crippen LogP contribution is -2.52. The number of aliphatic hydroxyl groups is 1. The van der Waals surface area contributed by atoms with E-state index in [-0.39, 0.29) is 0 Å². The zero-order chi connectivity index (χ0) is 10.0. The van der Waals surface area contributed by atoms with E-state index in [9.17, 15) is 5.11 Å². The molecule has 2 aliphatic rings. The smallest absolute Gasteiger partial charge is 0.194 e. The summed E-state index contributed by atoms with van der Waals surface area (Å²) in [6.07, 6.45) is 1.48. The summed E-state index contributed by atoms with van der Waals surface area (Å²) in [7, 11) is 0. The first-order chi connectivity index (χ1) is 6.73. The molecule has 4 N–H and O–H groups in total. The predicted octanol–water partition coefficient (Wildman–Crippen LogP) is -1.27. The summed E-state index contributed by atoms with van der Waals surface area (Å²) in [4.78, 5) is 6.54. The standard InChI is InChI=1S/C9H18N4O/c10-7-9(14)1-5-13(6-2-9)8-11-3-4-12-8/h14H,1-7,10H2,(H,11,12). The fourth-order valence-electron chi connectivity index (χ4n) is 1.94. The maximum Gasteiger partial charge on any atom is 0.194 e. The summed E-state index contributed by atoms with van der Waals surface area (Å²) >= 11 is 0. The molecule has 5 heteroatoms. The van der Waals surface area contributed by atoms with Crippen molar-refractivity contribution in [2.75, 3.05) is 32.7 Å². The molecular weight excluding hydrogens is 180 g/mol. The first-order valence-corrected chi connectivity index (χ1v) is 5.19. The average Bonchev–Trinajstić information content (AvgIpc) is 2.72. The van der Waals surface area contributed by atoms with Crippen LogP contribution in [-0.4, -0.2) is 54.3 Å². The zero-order valence-corrected chi connectivity index (χ0v) is 8.37. The highest BCUT2D eigenvalue weighted by Crippen LogP contribution is 2.20. The van der Waals surface area contributed by atoms with Crippen molar-refractivity contribution in [1.29, 1.82) is 0 Å². The molecule has 0 aliphatic carbocycles. The second-order valence-corrected chi connectivity index (χ2v) is 4.05. The number of nitrogens with one attached hydrogen (secondary N) is 1. The van der Waals surface area contributed by atoms with E-state index in [1.54, 1.807) is 0 Å². The first kappa shape index (κ1) is 9.73. The van der Waals surface area contributed by atoms with Gasteiger partial charge < -0.3 is 21.1 Å². The number of nitrogens with two attached hydrogens (primary N) is 1. The SMILES string of the molecule is NCC1(O)CCN(C2=NCCN2)CC1. The van der Waals surface area contributed by atoms with Crippen molar-refractivity contribution in [3.05, 3.63) is 0 Å². The molecule has 1 fully saturated rings. The van der Waals surface area contributed by atoms with Gasteiger partial charge in [-0.05, 0) is 12.8 Å². The number of likely N-dealkylation sites (tertiary alicyclic amines) is 1. The highest BCUT2D eigenvalue weighted by atomic mass is 16.3. The number of aliphatic imine (C=N–C) groups is 1. The maximum atomic E-state index is 9.93. The Kier molecular flexibility index (Phi) is 2.60. The van der Waals surface area contributed by atoms with Gasteiger partial charge in [-0.25, -0.2) is 0 Å². The molecule has 1 saturated heterocycles. The number of rotatable bonds is 1. The molecule has 2 aliphatic heterocycles. The van der Waals surface area contributed by atoms with Crippen LogP contribution in [0.1, 0.15) is 12.8 Å². The molecular formula is C9H18N4O. The highest BCUT2D eigenvalue weighted by Gasteiger charge is 2.32. The van der Waals surface area contributed by atoms with E-state index in [1.807, 2.05) is 0 Å². The summed E-state index contributed by atoms with van der Waals surface area (Å²) in [5, 5.41) is 13.2. The fraction of sp³-hybridized carbons (Fsp3) is 0.889. The third-order valence-electron chi connectivity index (χ3n) is 3.03. The third kappa shape index (κ3) is 1.83. The van der Waals surface area contributed by atoms with Crippen LogP contribution in [-0.2, 0) is 0 Å². The average molecular weight is 198 g/mol. The van der Waals surface area contributed by atoms with E-state index in [0.29, 0.717) is 6.54 Å². The summed E-state index contributed by atoms with van der Waals surface area (Å²) in [6.45, 7) is 3.86. The van der Waals surface area contributed by atoms with Crippen LogP contribution in [0.5, 0.6) is 0 Å². The second-order valence-electron chi connectivity index (χ2n) is 4.05. The number of guanidine groups is 1. The van der Waals surface area contributed by atoms with E-state index in [1.165, 1.54) is 0 Å². The minimum Gasteiger partial charge on any atom is -0.388 e. The van der Waals surface area contributed by atoms with E-state index < -0.39 is 5.60 Å². The van der Waals surface area contributed by atoms with Gasteiger partial charge in [0.1, 0.15) is 0 Å². The Bertz CT molecular complexity index is 233. The van der Waals surface area contributed by atoms with Crippen molar-refractivity contribution in [1.82, 2.24) is 10.2 Å². The Morgan fingerprint density at radius 1 is 1.50 bits per heavy atom. The first-order valence-electron chi connectivity index (χ1n) is 5.19. The lowest BCUT2D eigenvalue weighted by molar-refractivity contribution is 0.000441. The van der Waals surface area contributed by atoms with Crippen molar-refractivity contribution < 1.29 is 5.11 Å². The minimum atomic E-state index is -0.643. The molecule has 0 bridgehead atoms.